The maximum atomic E-state index is 13.4. The second-order valence-electron chi connectivity index (χ2n) is 4.07. The predicted octanol–water partition coefficient (Wildman–Crippen LogP) is 3.76. The van der Waals surface area contributed by atoms with Crippen LogP contribution in [0.3, 0.4) is 0 Å². The second kappa shape index (κ2) is 5.99. The summed E-state index contributed by atoms with van der Waals surface area (Å²) in [7, 11) is 0. The van der Waals surface area contributed by atoms with Crippen LogP contribution in [0.15, 0.2) is 42.5 Å². The van der Waals surface area contributed by atoms with Gasteiger partial charge in [-0.05, 0) is 36.4 Å². The van der Waals surface area contributed by atoms with Crippen molar-refractivity contribution in [3.63, 3.8) is 0 Å². The molecule has 2 N–H and O–H groups in total. The van der Waals surface area contributed by atoms with Crippen LogP contribution in [0.2, 0.25) is 5.02 Å². The van der Waals surface area contributed by atoms with Gasteiger partial charge in [-0.25, -0.2) is 8.78 Å². The van der Waals surface area contributed by atoms with Gasteiger partial charge in [-0.15, -0.1) is 0 Å². The first-order valence-corrected chi connectivity index (χ1v) is 6.06. The Morgan fingerprint density at radius 3 is 2.68 bits per heavy atom. The van der Waals surface area contributed by atoms with E-state index in [1.807, 2.05) is 0 Å². The predicted molar refractivity (Wildman–Crippen MR) is 71.3 cm³/mol. The molecule has 2 rings (SSSR count). The van der Waals surface area contributed by atoms with Crippen LogP contribution in [0, 0.1) is 11.6 Å². The van der Waals surface area contributed by atoms with Gasteiger partial charge in [0.25, 0.3) is 0 Å². The monoisotopic (exact) mass is 283 g/mol. The van der Waals surface area contributed by atoms with E-state index >= 15 is 0 Å². The molecule has 1 unspecified atom stereocenters. The molecule has 0 aliphatic rings. The van der Waals surface area contributed by atoms with Crippen LogP contribution < -0.4 is 5.32 Å². The largest absolute Gasteiger partial charge is 0.386 e. The van der Waals surface area contributed by atoms with E-state index in [4.69, 9.17) is 11.6 Å². The molecule has 19 heavy (non-hydrogen) atoms. The fourth-order valence-electron chi connectivity index (χ4n) is 1.69. The molecule has 5 heteroatoms. The summed E-state index contributed by atoms with van der Waals surface area (Å²) in [4.78, 5) is 0. The molecule has 0 saturated carbocycles. The van der Waals surface area contributed by atoms with Crippen molar-refractivity contribution in [1.29, 1.82) is 0 Å². The fourth-order valence-corrected chi connectivity index (χ4v) is 1.88. The molecular weight excluding hydrogens is 272 g/mol. The Bertz CT molecular complexity index is 577. The van der Waals surface area contributed by atoms with Crippen molar-refractivity contribution in [2.45, 2.75) is 6.10 Å². The fraction of sp³-hybridized carbons (Fsp3) is 0.143. The number of anilines is 1. The van der Waals surface area contributed by atoms with Crippen molar-refractivity contribution < 1.29 is 13.9 Å². The highest BCUT2D eigenvalue weighted by Gasteiger charge is 2.13. The van der Waals surface area contributed by atoms with Crippen molar-refractivity contribution in [3.05, 3.63) is 64.7 Å². The van der Waals surface area contributed by atoms with Crippen molar-refractivity contribution in [2.24, 2.45) is 0 Å². The third kappa shape index (κ3) is 3.66. The second-order valence-corrected chi connectivity index (χ2v) is 4.51. The first-order chi connectivity index (χ1) is 9.06. The number of hydrogen-bond donors (Lipinski definition) is 2. The Morgan fingerprint density at radius 1 is 1.16 bits per heavy atom. The highest BCUT2D eigenvalue weighted by molar-refractivity contribution is 6.30. The normalized spacial score (nSPS) is 12.2. The van der Waals surface area contributed by atoms with Crippen LogP contribution >= 0.6 is 11.6 Å². The van der Waals surface area contributed by atoms with Crippen LogP contribution in [0.5, 0.6) is 0 Å². The number of benzene rings is 2. The summed E-state index contributed by atoms with van der Waals surface area (Å²) in [5.41, 5.74) is 0.623. The Balaban J connectivity index is 2.05. The molecule has 0 amide bonds. The quantitative estimate of drug-likeness (QED) is 0.895. The lowest BCUT2D eigenvalue weighted by Gasteiger charge is -2.14. The Morgan fingerprint density at radius 2 is 1.95 bits per heavy atom. The van der Waals surface area contributed by atoms with Gasteiger partial charge in [0.1, 0.15) is 11.6 Å². The van der Waals surface area contributed by atoms with Gasteiger partial charge in [-0.1, -0.05) is 17.7 Å². The molecule has 2 nitrogen and oxygen atoms in total. The molecule has 0 aliphatic carbocycles. The van der Waals surface area contributed by atoms with E-state index in [1.54, 1.807) is 24.3 Å². The van der Waals surface area contributed by atoms with E-state index in [9.17, 15) is 13.9 Å². The zero-order chi connectivity index (χ0) is 13.8. The van der Waals surface area contributed by atoms with Gasteiger partial charge in [0.15, 0.2) is 0 Å². The summed E-state index contributed by atoms with van der Waals surface area (Å²) in [5.74, 6) is -1.22. The lowest BCUT2D eigenvalue weighted by molar-refractivity contribution is 0.186. The van der Waals surface area contributed by atoms with Crippen LogP contribution in [-0.2, 0) is 0 Å². The highest BCUT2D eigenvalue weighted by atomic mass is 35.5. The van der Waals surface area contributed by atoms with E-state index in [0.717, 1.165) is 18.2 Å². The van der Waals surface area contributed by atoms with E-state index in [-0.39, 0.29) is 12.1 Å². The average molecular weight is 284 g/mol. The molecule has 0 saturated heterocycles. The van der Waals surface area contributed by atoms with Gasteiger partial charge in [-0.3, -0.25) is 0 Å². The number of halogens is 3. The van der Waals surface area contributed by atoms with Gasteiger partial charge in [0.05, 0.1) is 6.10 Å². The lowest BCUT2D eigenvalue weighted by atomic mass is 10.1. The van der Waals surface area contributed by atoms with Gasteiger partial charge in [0.2, 0.25) is 0 Å². The zero-order valence-electron chi connectivity index (χ0n) is 9.91. The summed E-state index contributed by atoms with van der Waals surface area (Å²) in [6, 6.07) is 9.90. The number of rotatable bonds is 4. The van der Waals surface area contributed by atoms with E-state index in [2.05, 4.69) is 5.32 Å². The van der Waals surface area contributed by atoms with Gasteiger partial charge in [0, 0.05) is 22.8 Å². The summed E-state index contributed by atoms with van der Waals surface area (Å²) in [5, 5.41) is 13.3. The third-order valence-corrected chi connectivity index (χ3v) is 2.88. The van der Waals surface area contributed by atoms with Crippen molar-refractivity contribution in [1.82, 2.24) is 0 Å². The minimum atomic E-state index is -1.14. The minimum Gasteiger partial charge on any atom is -0.386 e. The molecule has 1 atom stereocenters. The molecule has 0 spiro atoms. The van der Waals surface area contributed by atoms with Crippen LogP contribution in [0.1, 0.15) is 11.7 Å². The zero-order valence-corrected chi connectivity index (χ0v) is 10.7. The number of aliphatic hydroxyl groups excluding tert-OH is 1. The standard InChI is InChI=1S/C14H12ClF2NO/c15-9-2-1-3-11(6-9)18-8-14(19)12-7-10(16)4-5-13(12)17/h1-7,14,18-19H,8H2. The Labute approximate surface area is 114 Å². The molecule has 2 aromatic carbocycles. The number of nitrogens with one attached hydrogen (secondary N) is 1. The molecule has 0 fully saturated rings. The molecule has 100 valence electrons. The molecule has 2 aromatic rings. The first-order valence-electron chi connectivity index (χ1n) is 5.69. The topological polar surface area (TPSA) is 32.3 Å². The van der Waals surface area contributed by atoms with Crippen molar-refractivity contribution in [3.8, 4) is 0 Å². The van der Waals surface area contributed by atoms with Gasteiger partial charge >= 0.3 is 0 Å². The Kier molecular flexibility index (Phi) is 4.35. The maximum absolute atomic E-state index is 13.4. The molecular formula is C14H12ClF2NO. The highest BCUT2D eigenvalue weighted by Crippen LogP contribution is 2.20. The molecule has 0 bridgehead atoms. The minimum absolute atomic E-state index is 0.0563. The van der Waals surface area contributed by atoms with E-state index < -0.39 is 17.7 Å². The van der Waals surface area contributed by atoms with E-state index in [0.29, 0.717) is 10.7 Å². The number of hydrogen-bond acceptors (Lipinski definition) is 2. The molecule has 0 heterocycles. The van der Waals surface area contributed by atoms with E-state index in [1.165, 1.54) is 0 Å². The summed E-state index contributed by atoms with van der Waals surface area (Å²) >= 11 is 5.81. The lowest BCUT2D eigenvalue weighted by Crippen LogP contribution is -2.13. The first kappa shape index (κ1) is 13.8. The van der Waals surface area contributed by atoms with Crippen LogP contribution in [-0.4, -0.2) is 11.7 Å². The van der Waals surface area contributed by atoms with Crippen LogP contribution in [0.25, 0.3) is 0 Å². The van der Waals surface area contributed by atoms with Crippen molar-refractivity contribution >= 4 is 17.3 Å². The number of aliphatic hydroxyl groups is 1. The van der Waals surface area contributed by atoms with Gasteiger partial charge < -0.3 is 10.4 Å². The third-order valence-electron chi connectivity index (χ3n) is 2.64. The smallest absolute Gasteiger partial charge is 0.129 e. The van der Waals surface area contributed by atoms with Crippen molar-refractivity contribution in [2.75, 3.05) is 11.9 Å². The molecule has 0 aliphatic heterocycles. The SMILES string of the molecule is OC(CNc1cccc(Cl)c1)c1cc(F)ccc1F. The summed E-state index contributed by atoms with van der Waals surface area (Å²) in [6.45, 7) is 0.0563. The average Bonchev–Trinajstić information content (AvgIpc) is 2.39. The van der Waals surface area contributed by atoms with Gasteiger partial charge in [-0.2, -0.15) is 0 Å². The van der Waals surface area contributed by atoms with Crippen LogP contribution in [0.4, 0.5) is 14.5 Å². The molecule has 0 aromatic heterocycles. The maximum Gasteiger partial charge on any atom is 0.129 e. The Hall–Kier alpha value is -1.65. The molecule has 0 radical (unpaired) electrons. The summed E-state index contributed by atoms with van der Waals surface area (Å²) < 4.78 is 26.4. The summed E-state index contributed by atoms with van der Waals surface area (Å²) in [6.07, 6.45) is -1.14.